The Morgan fingerprint density at radius 2 is 2.39 bits per heavy atom. The molecule has 100 valence electrons. The quantitative estimate of drug-likeness (QED) is 0.921. The summed E-state index contributed by atoms with van der Waals surface area (Å²) in [7, 11) is 1.61. The van der Waals surface area contributed by atoms with E-state index in [9.17, 15) is 0 Å². The molecule has 2 heterocycles. The molecule has 0 aromatic carbocycles. The first kappa shape index (κ1) is 13.5. The Morgan fingerprint density at radius 1 is 1.61 bits per heavy atom. The van der Waals surface area contributed by atoms with Crippen molar-refractivity contribution in [3.8, 4) is 5.88 Å². The molecule has 5 nitrogen and oxygen atoms in total. The molecule has 2 N–H and O–H groups in total. The number of ether oxygens (including phenoxy) is 1. The van der Waals surface area contributed by atoms with Gasteiger partial charge in [0.05, 0.1) is 17.8 Å². The topological polar surface area (TPSA) is 64.3 Å². The Labute approximate surface area is 116 Å². The summed E-state index contributed by atoms with van der Waals surface area (Å²) in [6.07, 6.45) is 4.10. The summed E-state index contributed by atoms with van der Waals surface area (Å²) < 4.78 is 5.98. The number of nitrogens with zero attached hydrogens (tertiary/aromatic N) is 3. The van der Waals surface area contributed by atoms with Crippen molar-refractivity contribution in [2.75, 3.05) is 25.1 Å². The van der Waals surface area contributed by atoms with Crippen LogP contribution in [0.4, 0.5) is 5.95 Å². The van der Waals surface area contributed by atoms with Crippen LogP contribution in [0.5, 0.6) is 5.88 Å². The summed E-state index contributed by atoms with van der Waals surface area (Å²) in [6.45, 7) is 3.82. The summed E-state index contributed by atoms with van der Waals surface area (Å²) in [5, 5.41) is 0. The van der Waals surface area contributed by atoms with Crippen molar-refractivity contribution in [2.45, 2.75) is 25.8 Å². The van der Waals surface area contributed by atoms with Crippen molar-refractivity contribution in [3.05, 3.63) is 10.7 Å². The minimum absolute atomic E-state index is 0.310. The molecule has 1 saturated heterocycles. The van der Waals surface area contributed by atoms with Crippen molar-refractivity contribution in [1.29, 1.82) is 0 Å². The molecule has 1 aromatic heterocycles. The first-order chi connectivity index (χ1) is 8.67. The first-order valence-corrected chi connectivity index (χ1v) is 7.00. The van der Waals surface area contributed by atoms with Crippen molar-refractivity contribution in [3.63, 3.8) is 0 Å². The van der Waals surface area contributed by atoms with Gasteiger partial charge in [-0.1, -0.05) is 6.92 Å². The predicted octanol–water partition coefficient (Wildman–Crippen LogP) is 1.81. The first-order valence-electron chi connectivity index (χ1n) is 6.20. The molecule has 0 amide bonds. The highest BCUT2D eigenvalue weighted by molar-refractivity contribution is 9.10. The second-order valence-corrected chi connectivity index (χ2v) is 5.50. The number of nitrogens with two attached hydrogens (primary N) is 1. The highest BCUT2D eigenvalue weighted by atomic mass is 79.9. The van der Waals surface area contributed by atoms with E-state index >= 15 is 0 Å². The number of aromatic nitrogens is 2. The molecule has 1 aliphatic rings. The fourth-order valence-corrected chi connectivity index (χ4v) is 2.83. The lowest BCUT2D eigenvalue weighted by molar-refractivity contribution is 0.342. The third kappa shape index (κ3) is 2.59. The minimum Gasteiger partial charge on any atom is -0.480 e. The Hall–Kier alpha value is -0.880. The molecule has 2 unspecified atom stereocenters. The maximum absolute atomic E-state index is 5.88. The van der Waals surface area contributed by atoms with E-state index in [1.54, 1.807) is 13.3 Å². The van der Waals surface area contributed by atoms with Crippen LogP contribution in [-0.4, -0.2) is 36.2 Å². The van der Waals surface area contributed by atoms with Crippen molar-refractivity contribution >= 4 is 21.9 Å². The van der Waals surface area contributed by atoms with Gasteiger partial charge in [-0.3, -0.25) is 0 Å². The molecular weight excluding hydrogens is 296 g/mol. The summed E-state index contributed by atoms with van der Waals surface area (Å²) in [4.78, 5) is 11.0. The molecule has 1 aromatic rings. The van der Waals surface area contributed by atoms with Crippen molar-refractivity contribution < 1.29 is 4.74 Å². The van der Waals surface area contributed by atoms with E-state index in [0.29, 0.717) is 30.3 Å². The van der Waals surface area contributed by atoms with Crippen molar-refractivity contribution in [2.24, 2.45) is 11.7 Å². The molecule has 0 radical (unpaired) electrons. The smallest absolute Gasteiger partial charge is 0.232 e. The zero-order valence-corrected chi connectivity index (χ0v) is 12.4. The van der Waals surface area contributed by atoms with Crippen LogP contribution in [0.1, 0.15) is 19.8 Å². The molecule has 2 atom stereocenters. The van der Waals surface area contributed by atoms with E-state index in [2.05, 4.69) is 37.7 Å². The Balaban J connectivity index is 2.28. The van der Waals surface area contributed by atoms with E-state index in [-0.39, 0.29) is 0 Å². The SMILES string of the molecule is COc1nc(N2CCCC(C)C2CN)ncc1Br. The molecule has 2 rings (SSSR count). The van der Waals surface area contributed by atoms with E-state index < -0.39 is 0 Å². The number of halogens is 1. The molecule has 0 spiro atoms. The van der Waals surface area contributed by atoms with E-state index in [0.717, 1.165) is 17.4 Å². The standard InChI is InChI=1S/C12H19BrN4O/c1-8-4-3-5-17(10(8)6-14)12-15-7-9(13)11(16-12)18-2/h7-8,10H,3-6,14H2,1-2H3. The number of anilines is 1. The lowest BCUT2D eigenvalue weighted by Gasteiger charge is -2.39. The zero-order chi connectivity index (χ0) is 13.1. The summed E-state index contributed by atoms with van der Waals surface area (Å²) in [5.41, 5.74) is 5.88. The maximum Gasteiger partial charge on any atom is 0.232 e. The van der Waals surface area contributed by atoms with Gasteiger partial charge in [-0.2, -0.15) is 4.98 Å². The van der Waals surface area contributed by atoms with Gasteiger partial charge in [0.1, 0.15) is 0 Å². The second-order valence-electron chi connectivity index (χ2n) is 4.64. The van der Waals surface area contributed by atoms with Gasteiger partial charge in [0, 0.05) is 19.1 Å². The normalized spacial score (nSPS) is 24.1. The predicted molar refractivity (Wildman–Crippen MR) is 74.9 cm³/mol. The van der Waals surface area contributed by atoms with E-state index in [4.69, 9.17) is 10.5 Å². The van der Waals surface area contributed by atoms with Crippen LogP contribution in [0.15, 0.2) is 10.7 Å². The third-order valence-corrected chi connectivity index (χ3v) is 4.05. The largest absolute Gasteiger partial charge is 0.480 e. The van der Waals surface area contributed by atoms with Gasteiger partial charge >= 0.3 is 0 Å². The zero-order valence-electron chi connectivity index (χ0n) is 10.8. The number of piperidine rings is 1. The summed E-state index contributed by atoms with van der Waals surface area (Å²) in [6, 6.07) is 0.310. The van der Waals surface area contributed by atoms with Gasteiger partial charge in [-0.05, 0) is 34.7 Å². The van der Waals surface area contributed by atoms with Gasteiger partial charge in [0.2, 0.25) is 11.8 Å². The second kappa shape index (κ2) is 5.84. The van der Waals surface area contributed by atoms with Crippen molar-refractivity contribution in [1.82, 2.24) is 9.97 Å². The van der Waals surface area contributed by atoms with E-state index in [1.165, 1.54) is 6.42 Å². The maximum atomic E-state index is 5.88. The number of rotatable bonds is 3. The monoisotopic (exact) mass is 314 g/mol. The van der Waals surface area contributed by atoms with Crippen LogP contribution in [0.2, 0.25) is 0 Å². The Kier molecular flexibility index (Phi) is 4.40. The molecule has 0 saturated carbocycles. The Bertz CT molecular complexity index is 415. The van der Waals surface area contributed by atoms with Gasteiger partial charge in [0.15, 0.2) is 0 Å². The van der Waals surface area contributed by atoms with Crippen LogP contribution in [-0.2, 0) is 0 Å². The molecule has 0 bridgehead atoms. The number of methoxy groups -OCH3 is 1. The summed E-state index contributed by atoms with van der Waals surface area (Å²) >= 11 is 3.37. The van der Waals surface area contributed by atoms with Crippen LogP contribution in [0.25, 0.3) is 0 Å². The van der Waals surface area contributed by atoms with Gasteiger partial charge in [-0.15, -0.1) is 0 Å². The van der Waals surface area contributed by atoms with E-state index in [1.807, 2.05) is 0 Å². The number of hydrogen-bond acceptors (Lipinski definition) is 5. The molecule has 1 aliphatic heterocycles. The van der Waals surface area contributed by atoms with Crippen LogP contribution >= 0.6 is 15.9 Å². The molecular formula is C12H19BrN4O. The van der Waals surface area contributed by atoms with Crippen LogP contribution in [0.3, 0.4) is 0 Å². The highest BCUT2D eigenvalue weighted by Gasteiger charge is 2.29. The fourth-order valence-electron chi connectivity index (χ4n) is 2.48. The van der Waals surface area contributed by atoms with Crippen LogP contribution < -0.4 is 15.4 Å². The van der Waals surface area contributed by atoms with Gasteiger partial charge in [-0.25, -0.2) is 4.98 Å². The lowest BCUT2D eigenvalue weighted by atomic mass is 9.91. The fraction of sp³-hybridized carbons (Fsp3) is 0.667. The molecule has 1 fully saturated rings. The molecule has 0 aliphatic carbocycles. The van der Waals surface area contributed by atoms with Gasteiger partial charge < -0.3 is 15.4 Å². The third-order valence-electron chi connectivity index (χ3n) is 3.51. The molecule has 18 heavy (non-hydrogen) atoms. The molecule has 6 heteroatoms. The average Bonchev–Trinajstić information content (AvgIpc) is 2.39. The Morgan fingerprint density at radius 3 is 3.06 bits per heavy atom. The minimum atomic E-state index is 0.310. The van der Waals surface area contributed by atoms with Gasteiger partial charge in [0.25, 0.3) is 0 Å². The van der Waals surface area contributed by atoms with Crippen LogP contribution in [0, 0.1) is 5.92 Å². The summed E-state index contributed by atoms with van der Waals surface area (Å²) in [5.74, 6) is 1.84. The lowest BCUT2D eigenvalue weighted by Crippen LogP contribution is -2.49. The number of hydrogen-bond donors (Lipinski definition) is 1. The highest BCUT2D eigenvalue weighted by Crippen LogP contribution is 2.29. The average molecular weight is 315 g/mol.